The number of hydrogen-bond donors (Lipinski definition) is 1. The SMILES string of the molecule is CCCNC(=O)[C@@H]1CN(C(=O)c2ccccn2)c2ccccc2O1. The maximum atomic E-state index is 12.8. The quantitative estimate of drug-likeness (QED) is 0.933. The van der Waals surface area contributed by atoms with Gasteiger partial charge < -0.3 is 10.1 Å². The maximum Gasteiger partial charge on any atom is 0.277 e. The molecule has 0 radical (unpaired) electrons. The number of ether oxygens (including phenoxy) is 1. The second kappa shape index (κ2) is 7.12. The average Bonchev–Trinajstić information content (AvgIpc) is 2.65. The Hall–Kier alpha value is -2.89. The van der Waals surface area contributed by atoms with Gasteiger partial charge in [-0.2, -0.15) is 0 Å². The van der Waals surface area contributed by atoms with Crippen LogP contribution in [0.3, 0.4) is 0 Å². The highest BCUT2D eigenvalue weighted by atomic mass is 16.5. The van der Waals surface area contributed by atoms with Crippen molar-refractivity contribution in [1.29, 1.82) is 0 Å². The number of hydrogen-bond acceptors (Lipinski definition) is 4. The van der Waals surface area contributed by atoms with Crippen LogP contribution in [0.25, 0.3) is 0 Å². The predicted octanol–water partition coefficient (Wildman–Crippen LogP) is 2.02. The Morgan fingerprint density at radius 1 is 1.25 bits per heavy atom. The Labute approximate surface area is 140 Å². The number of rotatable bonds is 4. The average molecular weight is 325 g/mol. The van der Waals surface area contributed by atoms with Crippen LogP contribution in [0.1, 0.15) is 23.8 Å². The highest BCUT2D eigenvalue weighted by Crippen LogP contribution is 2.33. The first-order chi connectivity index (χ1) is 11.7. The van der Waals surface area contributed by atoms with Crippen molar-refractivity contribution in [2.75, 3.05) is 18.0 Å². The third-order valence-corrected chi connectivity index (χ3v) is 3.74. The minimum absolute atomic E-state index is 0.155. The first kappa shape index (κ1) is 16.0. The highest BCUT2D eigenvalue weighted by molar-refractivity contribution is 6.06. The molecule has 0 saturated heterocycles. The standard InChI is InChI=1S/C18H19N3O3/c1-2-10-20-17(22)16-12-21(14-8-3-4-9-15(14)24-16)18(23)13-7-5-6-11-19-13/h3-9,11,16H,2,10,12H2,1H3,(H,20,22)/t16-/m0/s1. The van der Waals surface area contributed by atoms with Crippen molar-refractivity contribution in [3.8, 4) is 5.75 Å². The van der Waals surface area contributed by atoms with E-state index in [1.54, 1.807) is 41.4 Å². The number of pyridine rings is 1. The van der Waals surface area contributed by atoms with Crippen molar-refractivity contribution in [2.45, 2.75) is 19.4 Å². The van der Waals surface area contributed by atoms with Gasteiger partial charge in [0.25, 0.3) is 11.8 Å². The monoisotopic (exact) mass is 325 g/mol. The second-order valence-electron chi connectivity index (χ2n) is 5.50. The van der Waals surface area contributed by atoms with Gasteiger partial charge in [-0.05, 0) is 30.7 Å². The molecule has 0 fully saturated rings. The molecule has 24 heavy (non-hydrogen) atoms. The fourth-order valence-electron chi connectivity index (χ4n) is 2.55. The Morgan fingerprint density at radius 3 is 2.79 bits per heavy atom. The second-order valence-corrected chi connectivity index (χ2v) is 5.50. The number of nitrogens with zero attached hydrogens (tertiary/aromatic N) is 2. The van der Waals surface area contributed by atoms with Gasteiger partial charge in [0.2, 0.25) is 0 Å². The van der Waals surface area contributed by atoms with E-state index in [2.05, 4.69) is 10.3 Å². The maximum absolute atomic E-state index is 12.8. The van der Waals surface area contributed by atoms with Crippen LogP contribution in [0.2, 0.25) is 0 Å². The molecule has 6 heteroatoms. The number of amides is 2. The van der Waals surface area contributed by atoms with Gasteiger partial charge in [0, 0.05) is 12.7 Å². The van der Waals surface area contributed by atoms with Crippen LogP contribution >= 0.6 is 0 Å². The summed E-state index contributed by atoms with van der Waals surface area (Å²) in [5.74, 6) is 0.0505. The molecule has 0 unspecified atom stereocenters. The van der Waals surface area contributed by atoms with E-state index in [0.29, 0.717) is 23.7 Å². The number of carbonyl (C=O) groups excluding carboxylic acids is 2. The van der Waals surface area contributed by atoms with E-state index in [0.717, 1.165) is 6.42 Å². The van der Waals surface area contributed by atoms with Gasteiger partial charge in [-0.3, -0.25) is 19.5 Å². The van der Waals surface area contributed by atoms with Crippen molar-refractivity contribution in [3.63, 3.8) is 0 Å². The Morgan fingerprint density at radius 2 is 2.04 bits per heavy atom. The molecule has 0 bridgehead atoms. The zero-order valence-electron chi connectivity index (χ0n) is 13.4. The molecule has 1 aromatic carbocycles. The van der Waals surface area contributed by atoms with Crippen molar-refractivity contribution in [2.24, 2.45) is 0 Å². The number of anilines is 1. The van der Waals surface area contributed by atoms with E-state index in [9.17, 15) is 9.59 Å². The minimum atomic E-state index is -0.737. The molecular weight excluding hydrogens is 306 g/mol. The van der Waals surface area contributed by atoms with Gasteiger partial charge in [0.05, 0.1) is 12.2 Å². The molecule has 3 rings (SSSR count). The van der Waals surface area contributed by atoms with Crippen LogP contribution in [0.4, 0.5) is 5.69 Å². The largest absolute Gasteiger partial charge is 0.477 e. The van der Waals surface area contributed by atoms with Crippen LogP contribution < -0.4 is 15.0 Å². The van der Waals surface area contributed by atoms with Crippen LogP contribution in [-0.4, -0.2) is 36.0 Å². The number of carbonyl (C=O) groups is 2. The number of aromatic nitrogens is 1. The molecule has 1 N–H and O–H groups in total. The summed E-state index contributed by atoms with van der Waals surface area (Å²) in [6, 6.07) is 12.4. The van der Waals surface area contributed by atoms with Crippen molar-refractivity contribution in [1.82, 2.24) is 10.3 Å². The number of benzene rings is 1. The fraction of sp³-hybridized carbons (Fsp3) is 0.278. The van der Waals surface area contributed by atoms with Crippen molar-refractivity contribution < 1.29 is 14.3 Å². The lowest BCUT2D eigenvalue weighted by Gasteiger charge is -2.34. The number of para-hydroxylation sites is 2. The van der Waals surface area contributed by atoms with Gasteiger partial charge in [0.15, 0.2) is 6.10 Å². The summed E-state index contributed by atoms with van der Waals surface area (Å²) in [4.78, 5) is 30.8. The molecule has 6 nitrogen and oxygen atoms in total. The minimum Gasteiger partial charge on any atom is -0.477 e. The molecule has 0 spiro atoms. The van der Waals surface area contributed by atoms with Gasteiger partial charge in [-0.15, -0.1) is 0 Å². The molecule has 1 aliphatic heterocycles. The number of nitrogens with one attached hydrogen (secondary N) is 1. The lowest BCUT2D eigenvalue weighted by Crippen LogP contribution is -2.51. The number of fused-ring (bicyclic) bond motifs is 1. The van der Waals surface area contributed by atoms with E-state index >= 15 is 0 Å². The van der Waals surface area contributed by atoms with E-state index in [-0.39, 0.29) is 18.4 Å². The van der Waals surface area contributed by atoms with Crippen LogP contribution in [0, 0.1) is 0 Å². The third-order valence-electron chi connectivity index (χ3n) is 3.74. The topological polar surface area (TPSA) is 71.5 Å². The predicted molar refractivity (Wildman–Crippen MR) is 90.1 cm³/mol. The van der Waals surface area contributed by atoms with Gasteiger partial charge in [-0.1, -0.05) is 25.1 Å². The van der Waals surface area contributed by atoms with E-state index in [1.807, 2.05) is 19.1 Å². The van der Waals surface area contributed by atoms with E-state index in [4.69, 9.17) is 4.74 Å². The first-order valence-electron chi connectivity index (χ1n) is 7.97. The summed E-state index contributed by atoms with van der Waals surface area (Å²) in [7, 11) is 0. The third kappa shape index (κ3) is 3.22. The zero-order chi connectivity index (χ0) is 16.9. The summed E-state index contributed by atoms with van der Waals surface area (Å²) in [5.41, 5.74) is 0.981. The molecule has 2 aromatic rings. The molecule has 0 aliphatic carbocycles. The molecule has 1 aromatic heterocycles. The van der Waals surface area contributed by atoms with Crippen molar-refractivity contribution in [3.05, 3.63) is 54.4 Å². The molecule has 124 valence electrons. The van der Waals surface area contributed by atoms with Gasteiger partial charge in [-0.25, -0.2) is 0 Å². The van der Waals surface area contributed by atoms with E-state index in [1.165, 1.54) is 0 Å². The lowest BCUT2D eigenvalue weighted by atomic mass is 10.1. The zero-order valence-corrected chi connectivity index (χ0v) is 13.4. The highest BCUT2D eigenvalue weighted by Gasteiger charge is 2.34. The molecule has 1 aliphatic rings. The molecular formula is C18H19N3O3. The Balaban J connectivity index is 1.89. The van der Waals surface area contributed by atoms with Gasteiger partial charge >= 0.3 is 0 Å². The smallest absolute Gasteiger partial charge is 0.277 e. The summed E-state index contributed by atoms with van der Waals surface area (Å²) >= 11 is 0. The lowest BCUT2D eigenvalue weighted by molar-refractivity contribution is -0.127. The fourth-order valence-corrected chi connectivity index (χ4v) is 2.55. The first-order valence-corrected chi connectivity index (χ1v) is 7.97. The van der Waals surface area contributed by atoms with Gasteiger partial charge in [0.1, 0.15) is 11.4 Å². The summed E-state index contributed by atoms with van der Waals surface area (Å²) in [6.07, 6.45) is 1.68. The summed E-state index contributed by atoms with van der Waals surface area (Å²) in [6.45, 7) is 2.71. The van der Waals surface area contributed by atoms with Crippen LogP contribution in [0.15, 0.2) is 48.7 Å². The normalized spacial score (nSPS) is 16.0. The van der Waals surface area contributed by atoms with Crippen LogP contribution in [0.5, 0.6) is 5.75 Å². The van der Waals surface area contributed by atoms with Crippen LogP contribution in [-0.2, 0) is 4.79 Å². The van der Waals surface area contributed by atoms with Crippen molar-refractivity contribution >= 4 is 17.5 Å². The molecule has 1 atom stereocenters. The molecule has 2 heterocycles. The van der Waals surface area contributed by atoms with E-state index < -0.39 is 6.10 Å². The summed E-state index contributed by atoms with van der Waals surface area (Å²) in [5, 5.41) is 2.81. The Bertz CT molecular complexity index is 733. The molecule has 2 amide bonds. The summed E-state index contributed by atoms with van der Waals surface area (Å²) < 4.78 is 5.78. The Kier molecular flexibility index (Phi) is 4.74. The molecule has 0 saturated carbocycles.